The summed E-state index contributed by atoms with van der Waals surface area (Å²) in [6.07, 6.45) is 10.1. The molecular weight excluding hydrogens is 929 g/mol. The molecule has 0 fully saturated rings. The van der Waals surface area contributed by atoms with Gasteiger partial charge >= 0.3 is 6.18 Å². The lowest BCUT2D eigenvalue weighted by Gasteiger charge is -2.25. The van der Waals surface area contributed by atoms with Gasteiger partial charge in [0.05, 0.1) is 39.0 Å². The third-order valence-electron chi connectivity index (χ3n) is 12.3. The van der Waals surface area contributed by atoms with Crippen molar-refractivity contribution in [3.63, 3.8) is 0 Å². The molecule has 4 aromatic heterocycles. The monoisotopic (exact) mass is 956 g/mol. The van der Waals surface area contributed by atoms with Crippen molar-refractivity contribution in [2.24, 2.45) is 9.98 Å². The smallest absolute Gasteiger partial charge is 0.346 e. The van der Waals surface area contributed by atoms with E-state index in [9.17, 15) is 4.39 Å². The Morgan fingerprint density at radius 3 is 1.34 bits per heavy atom. The van der Waals surface area contributed by atoms with Gasteiger partial charge in [-0.1, -0.05) is 48.5 Å². The Hall–Kier alpha value is -9.32. The molecule has 2 aliphatic rings. The van der Waals surface area contributed by atoms with Crippen LogP contribution >= 0.6 is 0 Å². The molecule has 0 aliphatic carbocycles. The first-order valence-electron chi connectivity index (χ1n) is 21.6. The number of nitrogens with zero attached hydrogens (tertiary/aromatic N) is 8. The van der Waals surface area contributed by atoms with Crippen LogP contribution in [0, 0.1) is 29.1 Å². The number of hydrogen-bond acceptors (Lipinski definition) is 8. The van der Waals surface area contributed by atoms with Crippen LogP contribution in [0.3, 0.4) is 0 Å². The van der Waals surface area contributed by atoms with E-state index in [1.807, 2.05) is 0 Å². The van der Waals surface area contributed by atoms with Crippen molar-refractivity contribution in [1.29, 1.82) is 0 Å². The fraction of sp³-hybridized carbons (Fsp3) is 0.0189. The quantitative estimate of drug-likeness (QED) is 0.101. The predicted octanol–water partition coefficient (Wildman–Crippen LogP) is 10.7. The minimum absolute atomic E-state index is 0.0343. The number of nitrogens with one attached hydrogen (secondary N) is 2. The van der Waals surface area contributed by atoms with Crippen LogP contribution in [0.1, 0.15) is 5.56 Å². The molecular formula is C53H28F8N10. The van der Waals surface area contributed by atoms with Gasteiger partial charge in [0.1, 0.15) is 17.2 Å². The molecule has 0 bridgehead atoms. The third-order valence-corrected chi connectivity index (χ3v) is 12.3. The molecule has 0 saturated heterocycles. The number of halogens is 8. The summed E-state index contributed by atoms with van der Waals surface area (Å²) in [6, 6.07) is 24.9. The van der Waals surface area contributed by atoms with E-state index in [2.05, 4.69) is 40.6 Å². The second kappa shape index (κ2) is 16.4. The lowest BCUT2D eigenvalue weighted by Crippen LogP contribution is -2.19. The minimum atomic E-state index is -5.45. The van der Waals surface area contributed by atoms with Gasteiger partial charge in [0, 0.05) is 98.3 Å². The SMILES string of the molecule is Fc1c(F)c(F)c(-c2ccc(-n3c4cc(=C5N=CC=CN5)ccc4c4ccc(=C5N=CC=CN5)cc43)c(C(F)(F)F)c2-n2c3cc(-c4ncccn4)ccc3c3ccc(-c4ncccn4)cc32)c(F)c1F. The maximum atomic E-state index is 17.1. The van der Waals surface area contributed by atoms with Crippen LogP contribution in [0.5, 0.6) is 0 Å². The van der Waals surface area contributed by atoms with E-state index in [1.54, 1.807) is 110 Å². The first-order chi connectivity index (χ1) is 34.5. The summed E-state index contributed by atoms with van der Waals surface area (Å²) < 4.78 is 133. The Morgan fingerprint density at radius 1 is 0.465 bits per heavy atom. The van der Waals surface area contributed by atoms with Crippen molar-refractivity contribution in [3.05, 3.63) is 191 Å². The molecule has 0 radical (unpaired) electrons. The largest absolute Gasteiger partial charge is 0.420 e. The summed E-state index contributed by atoms with van der Waals surface area (Å²) in [5, 5.41) is 8.81. The molecule has 71 heavy (non-hydrogen) atoms. The molecule has 346 valence electrons. The minimum Gasteiger partial charge on any atom is -0.346 e. The molecule has 12 rings (SSSR count). The second-order valence-corrected chi connectivity index (χ2v) is 16.3. The summed E-state index contributed by atoms with van der Waals surface area (Å²) in [5.41, 5.74) is -4.36. The van der Waals surface area contributed by atoms with Gasteiger partial charge in [-0.2, -0.15) is 13.2 Å². The van der Waals surface area contributed by atoms with Gasteiger partial charge in [0.15, 0.2) is 34.9 Å². The summed E-state index contributed by atoms with van der Waals surface area (Å²) in [4.78, 5) is 26.3. The lowest BCUT2D eigenvalue weighted by atomic mass is 9.95. The zero-order valence-electron chi connectivity index (χ0n) is 36.1. The molecule has 10 nitrogen and oxygen atoms in total. The van der Waals surface area contributed by atoms with Gasteiger partial charge in [-0.15, -0.1) is 0 Å². The van der Waals surface area contributed by atoms with E-state index in [4.69, 9.17) is 0 Å². The summed E-state index contributed by atoms with van der Waals surface area (Å²) >= 11 is 0. The van der Waals surface area contributed by atoms with Crippen molar-refractivity contribution in [2.45, 2.75) is 6.18 Å². The predicted molar refractivity (Wildman–Crippen MR) is 255 cm³/mol. The number of benzene rings is 6. The Morgan fingerprint density at radius 2 is 0.901 bits per heavy atom. The number of hydrogen-bond donors (Lipinski definition) is 2. The highest BCUT2D eigenvalue weighted by atomic mass is 19.4. The molecule has 10 aromatic rings. The zero-order valence-corrected chi connectivity index (χ0v) is 36.1. The van der Waals surface area contributed by atoms with E-state index in [0.29, 0.717) is 54.8 Å². The Labute approximate surface area is 394 Å². The number of aliphatic imine (C=N–C) groups is 2. The molecule has 0 spiro atoms. The van der Waals surface area contributed by atoms with Gasteiger partial charge in [-0.3, -0.25) is 0 Å². The number of alkyl halides is 3. The molecule has 18 heteroatoms. The normalized spacial score (nSPS) is 15.1. The summed E-state index contributed by atoms with van der Waals surface area (Å²) in [6.45, 7) is 0. The van der Waals surface area contributed by atoms with Gasteiger partial charge in [0.2, 0.25) is 5.82 Å². The van der Waals surface area contributed by atoms with E-state index in [-0.39, 0.29) is 33.7 Å². The van der Waals surface area contributed by atoms with E-state index >= 15 is 30.7 Å². The fourth-order valence-corrected chi connectivity index (χ4v) is 9.29. The Balaban J connectivity index is 1.31. The summed E-state index contributed by atoms with van der Waals surface area (Å²) in [7, 11) is 0. The van der Waals surface area contributed by atoms with Gasteiger partial charge in [-0.05, 0) is 60.7 Å². The van der Waals surface area contributed by atoms with E-state index < -0.39 is 63.3 Å². The van der Waals surface area contributed by atoms with E-state index in [1.165, 1.54) is 41.5 Å². The number of fused-ring (bicyclic) bond motifs is 6. The lowest BCUT2D eigenvalue weighted by molar-refractivity contribution is -0.137. The van der Waals surface area contributed by atoms with Gasteiger partial charge < -0.3 is 19.8 Å². The molecule has 0 amide bonds. The zero-order chi connectivity index (χ0) is 48.7. The molecule has 6 heterocycles. The van der Waals surface area contributed by atoms with Gasteiger partial charge in [-0.25, -0.2) is 51.9 Å². The van der Waals surface area contributed by atoms with Crippen molar-refractivity contribution >= 4 is 67.7 Å². The number of rotatable bonds is 5. The van der Waals surface area contributed by atoms with Crippen LogP contribution in [0.4, 0.5) is 35.1 Å². The molecule has 0 saturated carbocycles. The molecule has 2 N–H and O–H groups in total. The van der Waals surface area contributed by atoms with Crippen LogP contribution < -0.4 is 21.1 Å². The fourth-order valence-electron chi connectivity index (χ4n) is 9.29. The molecule has 0 atom stereocenters. The van der Waals surface area contributed by atoms with E-state index in [0.717, 1.165) is 16.7 Å². The highest BCUT2D eigenvalue weighted by molar-refractivity contribution is 6.13. The van der Waals surface area contributed by atoms with Crippen LogP contribution in [0.2, 0.25) is 0 Å². The average molecular weight is 957 g/mol. The van der Waals surface area contributed by atoms with Crippen LogP contribution in [0.25, 0.3) is 101 Å². The van der Waals surface area contributed by atoms with Crippen molar-refractivity contribution < 1.29 is 35.1 Å². The Kier molecular flexibility index (Phi) is 9.95. The topological polar surface area (TPSA) is 110 Å². The Bertz CT molecular complexity index is 3930. The number of allylic oxidation sites excluding steroid dienone is 2. The second-order valence-electron chi connectivity index (χ2n) is 16.3. The molecule has 2 aliphatic heterocycles. The average Bonchev–Trinajstić information content (AvgIpc) is 3.91. The standard InChI is InChI=1S/C53H28F8N10/c54-43-41(44(55)46(57)47(58)45(43)56)35-13-14-36(70-37-23-27(49-62-15-1-16-63-49)5-9-31(37)32-10-6-28(24-38(32)70)50-64-17-2-18-65-50)42(53(59,60)61)48(35)71-39-25-29(51-66-19-3-20-67-51)7-11-33(39)34-12-8-30(26-40(34)71)52-68-21-4-22-69-52/h1-26,62,64H. The molecule has 0 unspecified atom stereocenters. The van der Waals surface area contributed by atoms with Crippen LogP contribution in [-0.4, -0.2) is 41.5 Å². The first-order valence-corrected chi connectivity index (χ1v) is 21.6. The highest BCUT2D eigenvalue weighted by Gasteiger charge is 2.42. The maximum Gasteiger partial charge on any atom is 0.420 e. The summed E-state index contributed by atoms with van der Waals surface area (Å²) in [5.74, 6) is -10.7. The van der Waals surface area contributed by atoms with Gasteiger partial charge in [0.25, 0.3) is 0 Å². The van der Waals surface area contributed by atoms with Crippen molar-refractivity contribution in [3.8, 4) is 45.3 Å². The van der Waals surface area contributed by atoms with Crippen LogP contribution in [0.15, 0.2) is 156 Å². The van der Waals surface area contributed by atoms with Crippen molar-refractivity contribution in [1.82, 2.24) is 39.7 Å². The van der Waals surface area contributed by atoms with Crippen LogP contribution in [-0.2, 0) is 6.18 Å². The first kappa shape index (κ1) is 43.0. The third kappa shape index (κ3) is 6.93. The molecule has 6 aromatic carbocycles. The highest BCUT2D eigenvalue weighted by Crippen LogP contribution is 2.49. The number of aromatic nitrogens is 6. The van der Waals surface area contributed by atoms with Crippen molar-refractivity contribution in [2.75, 3.05) is 0 Å². The maximum absolute atomic E-state index is 17.1.